The minimum absolute atomic E-state index is 0.234. The average molecular weight is 404 g/mol. The van der Waals surface area contributed by atoms with Crippen molar-refractivity contribution in [3.8, 4) is 10.6 Å². The molecule has 0 unspecified atom stereocenters. The van der Waals surface area contributed by atoms with Crippen LogP contribution in [0.1, 0.15) is 28.0 Å². The number of nitrogens with zero attached hydrogens (tertiary/aromatic N) is 2. The van der Waals surface area contributed by atoms with Crippen LogP contribution in [-0.4, -0.2) is 29.4 Å². The van der Waals surface area contributed by atoms with E-state index in [0.29, 0.717) is 17.1 Å². The highest BCUT2D eigenvalue weighted by atomic mass is 32.1. The van der Waals surface area contributed by atoms with Crippen molar-refractivity contribution in [1.82, 2.24) is 9.88 Å². The zero-order valence-corrected chi connectivity index (χ0v) is 16.1. The Labute approximate surface area is 165 Å². The van der Waals surface area contributed by atoms with Crippen molar-refractivity contribution in [2.24, 2.45) is 0 Å². The minimum atomic E-state index is -4.41. The number of hydrogen-bond donors (Lipinski definition) is 0. The first kappa shape index (κ1) is 20.1. The number of aromatic nitrogens is 1. The van der Waals surface area contributed by atoms with E-state index in [1.165, 1.54) is 11.6 Å². The van der Waals surface area contributed by atoms with Gasteiger partial charge in [0.25, 0.3) is 5.91 Å². The minimum Gasteiger partial charge on any atom is -0.340 e. The summed E-state index contributed by atoms with van der Waals surface area (Å²) < 4.78 is 38.7. The third-order valence-corrected chi connectivity index (χ3v) is 5.20. The van der Waals surface area contributed by atoms with E-state index in [4.69, 9.17) is 0 Å². The molecule has 0 atom stereocenters. The van der Waals surface area contributed by atoms with Crippen molar-refractivity contribution in [1.29, 1.82) is 0 Å². The maximum atomic E-state index is 12.9. The molecule has 28 heavy (non-hydrogen) atoms. The maximum absolute atomic E-state index is 12.9. The first-order chi connectivity index (χ1) is 13.3. The van der Waals surface area contributed by atoms with Crippen LogP contribution in [0.5, 0.6) is 0 Å². The predicted molar refractivity (Wildman–Crippen MR) is 104 cm³/mol. The highest BCUT2D eigenvalue weighted by molar-refractivity contribution is 7.13. The number of hydrogen-bond acceptors (Lipinski definition) is 3. The van der Waals surface area contributed by atoms with Gasteiger partial charge in [0.2, 0.25) is 0 Å². The van der Waals surface area contributed by atoms with Crippen molar-refractivity contribution < 1.29 is 18.0 Å². The Balaban J connectivity index is 1.63. The topological polar surface area (TPSA) is 33.2 Å². The quantitative estimate of drug-likeness (QED) is 0.541. The summed E-state index contributed by atoms with van der Waals surface area (Å²) >= 11 is 1.16. The Bertz CT molecular complexity index is 938. The van der Waals surface area contributed by atoms with E-state index >= 15 is 0 Å². The smallest absolute Gasteiger partial charge is 0.340 e. The Kier molecular flexibility index (Phi) is 6.14. The van der Waals surface area contributed by atoms with E-state index < -0.39 is 11.7 Å². The van der Waals surface area contributed by atoms with Crippen LogP contribution in [0.25, 0.3) is 10.6 Å². The van der Waals surface area contributed by atoms with Gasteiger partial charge in [-0.3, -0.25) is 4.79 Å². The fourth-order valence-electron chi connectivity index (χ4n) is 2.80. The summed E-state index contributed by atoms with van der Waals surface area (Å²) in [6.45, 7) is 0.574. The van der Waals surface area contributed by atoms with E-state index in [2.05, 4.69) is 4.98 Å². The van der Waals surface area contributed by atoms with E-state index in [1.807, 2.05) is 30.3 Å². The van der Waals surface area contributed by atoms with Gasteiger partial charge in [0.05, 0.1) is 5.56 Å². The standard InChI is InChI=1S/C21H19F3N2OS/c1-26(12-6-9-15-7-3-2-4-8-15)20(27)18-14-28-19(25-18)16-10-5-11-17(13-16)21(22,23)24/h2-5,7-8,10-11,13-14H,6,9,12H2,1H3. The monoisotopic (exact) mass is 404 g/mol. The lowest BCUT2D eigenvalue weighted by molar-refractivity contribution is -0.137. The third kappa shape index (κ3) is 4.98. The second kappa shape index (κ2) is 8.56. The molecule has 0 N–H and O–H groups in total. The number of amides is 1. The van der Waals surface area contributed by atoms with Gasteiger partial charge < -0.3 is 4.90 Å². The van der Waals surface area contributed by atoms with E-state index in [0.717, 1.165) is 36.3 Å². The summed E-state index contributed by atoms with van der Waals surface area (Å²) in [4.78, 5) is 18.4. The van der Waals surface area contributed by atoms with Crippen LogP contribution in [0.3, 0.4) is 0 Å². The van der Waals surface area contributed by atoms with Crippen LogP contribution in [0.4, 0.5) is 13.2 Å². The predicted octanol–water partition coefficient (Wildman–Crippen LogP) is 5.53. The molecule has 146 valence electrons. The van der Waals surface area contributed by atoms with Crippen LogP contribution in [0, 0.1) is 0 Å². The van der Waals surface area contributed by atoms with Gasteiger partial charge >= 0.3 is 6.18 Å². The van der Waals surface area contributed by atoms with Crippen LogP contribution in [0.2, 0.25) is 0 Å². The molecule has 0 bridgehead atoms. The molecular formula is C21H19F3N2OS. The second-order valence-electron chi connectivity index (χ2n) is 6.43. The van der Waals surface area contributed by atoms with Gasteiger partial charge in [-0.25, -0.2) is 4.98 Å². The number of benzene rings is 2. The number of alkyl halides is 3. The van der Waals surface area contributed by atoms with E-state index in [1.54, 1.807) is 23.4 Å². The molecule has 1 heterocycles. The van der Waals surface area contributed by atoms with Crippen LogP contribution in [0.15, 0.2) is 60.0 Å². The Morgan fingerprint density at radius 1 is 1.11 bits per heavy atom. The SMILES string of the molecule is CN(CCCc1ccccc1)C(=O)c1csc(-c2cccc(C(F)(F)F)c2)n1. The van der Waals surface area contributed by atoms with Crippen LogP contribution >= 0.6 is 11.3 Å². The number of rotatable bonds is 6. The molecule has 0 saturated heterocycles. The van der Waals surface area contributed by atoms with Gasteiger partial charge in [0.15, 0.2) is 0 Å². The molecule has 0 fully saturated rings. The van der Waals surface area contributed by atoms with Gasteiger partial charge in [-0.05, 0) is 30.5 Å². The summed E-state index contributed by atoms with van der Waals surface area (Å²) in [5, 5.41) is 1.98. The molecule has 3 rings (SSSR count). The summed E-state index contributed by atoms with van der Waals surface area (Å²) in [5.41, 5.74) is 1.08. The van der Waals surface area contributed by atoms with Crippen LogP contribution < -0.4 is 0 Å². The Morgan fingerprint density at radius 2 is 1.86 bits per heavy atom. The van der Waals surface area contributed by atoms with Crippen molar-refractivity contribution >= 4 is 17.2 Å². The van der Waals surface area contributed by atoms with E-state index in [-0.39, 0.29) is 11.6 Å². The summed E-state index contributed by atoms with van der Waals surface area (Å²) in [6.07, 6.45) is -2.73. The molecule has 0 aliphatic heterocycles. The lowest BCUT2D eigenvalue weighted by atomic mass is 10.1. The lowest BCUT2D eigenvalue weighted by Crippen LogP contribution is -2.28. The molecule has 0 aliphatic carbocycles. The van der Waals surface area contributed by atoms with Crippen LogP contribution in [-0.2, 0) is 12.6 Å². The lowest BCUT2D eigenvalue weighted by Gasteiger charge is -2.15. The fraction of sp³-hybridized carbons (Fsp3) is 0.238. The summed E-state index contributed by atoms with van der Waals surface area (Å²) in [7, 11) is 1.70. The molecule has 0 aliphatic rings. The van der Waals surface area contributed by atoms with Gasteiger partial charge in [-0.15, -0.1) is 11.3 Å². The number of halogens is 3. The van der Waals surface area contributed by atoms with Gasteiger partial charge in [-0.1, -0.05) is 42.5 Å². The summed E-state index contributed by atoms with van der Waals surface area (Å²) in [6, 6.07) is 15.0. The van der Waals surface area contributed by atoms with Gasteiger partial charge in [-0.2, -0.15) is 13.2 Å². The van der Waals surface area contributed by atoms with Gasteiger partial charge in [0.1, 0.15) is 10.7 Å². The normalized spacial score (nSPS) is 11.4. The first-order valence-electron chi connectivity index (χ1n) is 8.77. The van der Waals surface area contributed by atoms with Crippen molar-refractivity contribution in [3.63, 3.8) is 0 Å². The van der Waals surface area contributed by atoms with Crippen molar-refractivity contribution in [2.45, 2.75) is 19.0 Å². The molecule has 1 amide bonds. The second-order valence-corrected chi connectivity index (χ2v) is 7.29. The molecule has 0 spiro atoms. The number of carbonyl (C=O) groups is 1. The highest BCUT2D eigenvalue weighted by Gasteiger charge is 2.30. The van der Waals surface area contributed by atoms with Crippen molar-refractivity contribution in [2.75, 3.05) is 13.6 Å². The van der Waals surface area contributed by atoms with Gasteiger partial charge in [0, 0.05) is 24.5 Å². The highest BCUT2D eigenvalue weighted by Crippen LogP contribution is 2.33. The molecule has 7 heteroatoms. The molecule has 3 aromatic rings. The maximum Gasteiger partial charge on any atom is 0.416 e. The first-order valence-corrected chi connectivity index (χ1v) is 9.65. The molecule has 1 aromatic heterocycles. The summed E-state index contributed by atoms with van der Waals surface area (Å²) in [5.74, 6) is -0.234. The zero-order chi connectivity index (χ0) is 20.1. The largest absolute Gasteiger partial charge is 0.416 e. The molecule has 3 nitrogen and oxygen atoms in total. The molecule has 2 aromatic carbocycles. The zero-order valence-electron chi connectivity index (χ0n) is 15.2. The number of thiazole rings is 1. The number of aryl methyl sites for hydroxylation is 1. The van der Waals surface area contributed by atoms with Crippen molar-refractivity contribution in [3.05, 3.63) is 76.8 Å². The molecular weight excluding hydrogens is 385 g/mol. The Morgan fingerprint density at radius 3 is 2.57 bits per heavy atom. The average Bonchev–Trinajstić information content (AvgIpc) is 3.18. The Hall–Kier alpha value is -2.67. The van der Waals surface area contributed by atoms with E-state index in [9.17, 15) is 18.0 Å². The number of carbonyl (C=O) groups excluding carboxylic acids is 1. The molecule has 0 radical (unpaired) electrons. The fourth-order valence-corrected chi connectivity index (χ4v) is 3.59. The third-order valence-electron chi connectivity index (χ3n) is 4.31. The molecule has 0 saturated carbocycles.